The number of hydrogen-bond acceptors (Lipinski definition) is 2. The minimum absolute atomic E-state index is 0.210. The Balaban J connectivity index is 1.84. The molecule has 2 heterocycles. The number of aromatic nitrogens is 2. The van der Waals surface area contributed by atoms with Crippen molar-refractivity contribution in [3.8, 4) is 22.9 Å². The van der Waals surface area contributed by atoms with Crippen LogP contribution in [-0.4, -0.2) is 4.98 Å². The summed E-state index contributed by atoms with van der Waals surface area (Å²) in [4.78, 5) is 5.15. The zero-order valence-electron chi connectivity index (χ0n) is 21.3. The minimum atomic E-state index is 0.210. The Morgan fingerprint density at radius 2 is 1.82 bits per heavy atom. The van der Waals surface area contributed by atoms with Gasteiger partial charge in [0.05, 0.1) is 5.56 Å². The first kappa shape index (κ1) is 21.9. The standard InChI is InChI=1S/C30H35N2O/c1-17(2)12-21-10-9-11-23-27(21)31-29-28(32(23)8)25-19(4)18(3)13-22-14-20(16-30(5,6)7)15-24(33-29)26(22)25/h9-11,13-15,17H,12,16H2,1-8H3/q+1. The molecule has 0 saturated heterocycles. The van der Waals surface area contributed by atoms with Gasteiger partial charge in [-0.05, 0) is 71.7 Å². The van der Waals surface area contributed by atoms with Gasteiger partial charge in [0.1, 0.15) is 18.3 Å². The zero-order valence-corrected chi connectivity index (χ0v) is 21.3. The van der Waals surface area contributed by atoms with E-state index in [0.29, 0.717) is 5.92 Å². The van der Waals surface area contributed by atoms with Gasteiger partial charge in [-0.15, -0.1) is 0 Å². The van der Waals surface area contributed by atoms with Crippen LogP contribution < -0.4 is 9.30 Å². The molecule has 1 aliphatic heterocycles. The lowest BCUT2D eigenvalue weighted by Crippen LogP contribution is -2.34. The SMILES string of the molecule is Cc1cc2cc(CC(C)(C)C)cc3c2c(c1C)-c1c(nc2c(CC(C)C)cccc2[n+]1C)O3. The molecule has 0 unspecified atom stereocenters. The van der Waals surface area contributed by atoms with Crippen LogP contribution in [0.2, 0.25) is 0 Å². The molecule has 1 aromatic heterocycles. The van der Waals surface area contributed by atoms with Gasteiger partial charge < -0.3 is 4.74 Å². The lowest BCUT2D eigenvalue weighted by atomic mass is 9.85. The fourth-order valence-corrected chi connectivity index (χ4v) is 5.35. The number of para-hydroxylation sites is 1. The molecule has 170 valence electrons. The molecule has 4 aromatic rings. The Kier molecular flexibility index (Phi) is 5.00. The van der Waals surface area contributed by atoms with Gasteiger partial charge in [0.2, 0.25) is 5.52 Å². The van der Waals surface area contributed by atoms with E-state index in [1.807, 2.05) is 0 Å². The highest BCUT2D eigenvalue weighted by molar-refractivity contribution is 6.05. The maximum absolute atomic E-state index is 6.62. The fourth-order valence-electron chi connectivity index (χ4n) is 5.35. The van der Waals surface area contributed by atoms with Crippen LogP contribution in [0.3, 0.4) is 0 Å². The molecule has 3 aromatic carbocycles. The monoisotopic (exact) mass is 439 g/mol. The van der Waals surface area contributed by atoms with Gasteiger partial charge in [-0.3, -0.25) is 0 Å². The van der Waals surface area contributed by atoms with E-state index in [4.69, 9.17) is 9.72 Å². The number of fused-ring (bicyclic) bond motifs is 3. The first-order chi connectivity index (χ1) is 15.5. The number of hydrogen-bond donors (Lipinski definition) is 0. The van der Waals surface area contributed by atoms with E-state index in [9.17, 15) is 0 Å². The lowest BCUT2D eigenvalue weighted by Gasteiger charge is -2.24. The molecule has 0 saturated carbocycles. The third kappa shape index (κ3) is 3.68. The van der Waals surface area contributed by atoms with Crippen molar-refractivity contribution in [3.63, 3.8) is 0 Å². The topological polar surface area (TPSA) is 26.0 Å². The van der Waals surface area contributed by atoms with Gasteiger partial charge in [-0.2, -0.15) is 4.57 Å². The van der Waals surface area contributed by atoms with Gasteiger partial charge in [-0.1, -0.05) is 58.9 Å². The van der Waals surface area contributed by atoms with Gasteiger partial charge >= 0.3 is 0 Å². The second-order valence-corrected chi connectivity index (χ2v) is 11.4. The molecule has 0 bridgehead atoms. The quantitative estimate of drug-likeness (QED) is 0.274. The first-order valence-electron chi connectivity index (χ1n) is 12.1. The Morgan fingerprint density at radius 3 is 2.52 bits per heavy atom. The van der Waals surface area contributed by atoms with Crippen molar-refractivity contribution in [1.29, 1.82) is 0 Å². The number of nitrogens with zero attached hydrogens (tertiary/aromatic N) is 2. The molecular formula is C30H35N2O+. The molecule has 0 radical (unpaired) electrons. The fraction of sp³-hybridized carbons (Fsp3) is 0.400. The van der Waals surface area contributed by atoms with Crippen molar-refractivity contribution >= 4 is 21.8 Å². The number of rotatable bonds is 3. The summed E-state index contributed by atoms with van der Waals surface area (Å²) < 4.78 is 8.90. The number of aryl methyl sites for hydroxylation is 2. The third-order valence-corrected chi connectivity index (χ3v) is 6.80. The van der Waals surface area contributed by atoms with Crippen molar-refractivity contribution in [3.05, 3.63) is 58.7 Å². The summed E-state index contributed by atoms with van der Waals surface area (Å²) in [6.45, 7) is 15.8. The van der Waals surface area contributed by atoms with Crippen LogP contribution in [0.1, 0.15) is 56.9 Å². The Bertz CT molecular complexity index is 1420. The highest BCUT2D eigenvalue weighted by atomic mass is 16.5. The predicted molar refractivity (Wildman–Crippen MR) is 137 cm³/mol. The van der Waals surface area contributed by atoms with Gasteiger partial charge in [0, 0.05) is 11.5 Å². The summed E-state index contributed by atoms with van der Waals surface area (Å²) in [5.41, 5.74) is 9.94. The first-order valence-corrected chi connectivity index (χ1v) is 12.1. The van der Waals surface area contributed by atoms with E-state index < -0.39 is 0 Å². The second-order valence-electron chi connectivity index (χ2n) is 11.4. The minimum Gasteiger partial charge on any atom is -0.433 e. The maximum Gasteiger partial charge on any atom is 0.294 e. The third-order valence-electron chi connectivity index (χ3n) is 6.80. The largest absolute Gasteiger partial charge is 0.433 e. The maximum atomic E-state index is 6.62. The lowest BCUT2D eigenvalue weighted by molar-refractivity contribution is -0.634. The molecule has 5 rings (SSSR count). The van der Waals surface area contributed by atoms with E-state index in [1.54, 1.807) is 0 Å². The van der Waals surface area contributed by atoms with E-state index in [-0.39, 0.29) is 5.41 Å². The van der Waals surface area contributed by atoms with Crippen molar-refractivity contribution < 1.29 is 9.30 Å². The van der Waals surface area contributed by atoms with Crippen LogP contribution in [0.5, 0.6) is 11.6 Å². The number of ether oxygens (including phenoxy) is 1. The smallest absolute Gasteiger partial charge is 0.294 e. The molecule has 0 amide bonds. The van der Waals surface area contributed by atoms with E-state index in [1.165, 1.54) is 38.6 Å². The van der Waals surface area contributed by atoms with Crippen LogP contribution in [0.4, 0.5) is 0 Å². The summed E-state index contributed by atoms with van der Waals surface area (Å²) >= 11 is 0. The summed E-state index contributed by atoms with van der Waals surface area (Å²) in [7, 11) is 2.15. The molecule has 0 spiro atoms. The average molecular weight is 440 g/mol. The van der Waals surface area contributed by atoms with Crippen molar-refractivity contribution in [2.75, 3.05) is 0 Å². The normalized spacial score (nSPS) is 13.0. The Hall–Kier alpha value is -2.94. The number of benzene rings is 3. The van der Waals surface area contributed by atoms with Gasteiger partial charge in [0.25, 0.3) is 11.6 Å². The van der Waals surface area contributed by atoms with E-state index >= 15 is 0 Å². The highest BCUT2D eigenvalue weighted by Crippen LogP contribution is 2.48. The summed E-state index contributed by atoms with van der Waals surface area (Å²) in [5, 5.41) is 2.46. The molecule has 0 aliphatic carbocycles. The molecule has 0 atom stereocenters. The van der Waals surface area contributed by atoms with Crippen LogP contribution in [0, 0.1) is 25.2 Å². The molecule has 0 fully saturated rings. The van der Waals surface area contributed by atoms with Crippen molar-refractivity contribution in [2.45, 2.75) is 61.3 Å². The van der Waals surface area contributed by atoms with E-state index in [0.717, 1.165) is 41.2 Å². The molecule has 3 nitrogen and oxygen atoms in total. The molecule has 33 heavy (non-hydrogen) atoms. The zero-order chi connectivity index (χ0) is 23.7. The van der Waals surface area contributed by atoms with Crippen LogP contribution in [0.15, 0.2) is 36.4 Å². The van der Waals surface area contributed by atoms with Crippen LogP contribution >= 0.6 is 0 Å². The average Bonchev–Trinajstić information content (AvgIpc) is 2.70. The highest BCUT2D eigenvalue weighted by Gasteiger charge is 2.33. The van der Waals surface area contributed by atoms with Crippen LogP contribution in [-0.2, 0) is 19.9 Å². The predicted octanol–water partition coefficient (Wildman–Crippen LogP) is 7.39. The molecular weight excluding hydrogens is 404 g/mol. The van der Waals surface area contributed by atoms with Gasteiger partial charge in [0.15, 0.2) is 0 Å². The Morgan fingerprint density at radius 1 is 1.06 bits per heavy atom. The van der Waals surface area contributed by atoms with Gasteiger partial charge in [-0.25, -0.2) is 4.98 Å². The van der Waals surface area contributed by atoms with Crippen molar-refractivity contribution in [1.82, 2.24) is 4.98 Å². The molecule has 1 aliphatic rings. The Labute approximate surface area is 197 Å². The molecule has 0 N–H and O–H groups in total. The van der Waals surface area contributed by atoms with Crippen molar-refractivity contribution in [2.24, 2.45) is 18.4 Å². The summed E-state index contributed by atoms with van der Waals surface area (Å²) in [6.07, 6.45) is 2.01. The van der Waals surface area contributed by atoms with E-state index in [2.05, 4.69) is 96.5 Å². The summed E-state index contributed by atoms with van der Waals surface area (Å²) in [5.74, 6) is 2.22. The molecule has 3 heteroatoms. The second kappa shape index (κ2) is 7.55. The summed E-state index contributed by atoms with van der Waals surface area (Å²) in [6, 6.07) is 13.4. The van der Waals surface area contributed by atoms with Crippen LogP contribution in [0.25, 0.3) is 33.1 Å².